The molecule has 28 heavy (non-hydrogen) atoms. The van der Waals surface area contributed by atoms with Crippen molar-refractivity contribution in [1.82, 2.24) is 24.8 Å². The smallest absolute Gasteiger partial charge is 0.227 e. The number of likely N-dealkylation sites (tertiary alicyclic amines) is 1. The Balaban J connectivity index is 1.42. The van der Waals surface area contributed by atoms with E-state index < -0.39 is 0 Å². The minimum Gasteiger partial charge on any atom is -0.356 e. The SMILES string of the molecule is CN(C)c1nc(N2CCCC2)c2c(n1)C1(CC2)CCN(Cc2cnc[nH]2)CC1. The first-order valence-electron chi connectivity index (χ1n) is 10.7. The third kappa shape index (κ3) is 3.05. The minimum atomic E-state index is 0.238. The van der Waals surface area contributed by atoms with Gasteiger partial charge in [-0.05, 0) is 51.6 Å². The number of nitrogens with one attached hydrogen (secondary N) is 1. The van der Waals surface area contributed by atoms with Crippen LogP contribution in [-0.2, 0) is 18.4 Å². The highest BCUT2D eigenvalue weighted by Crippen LogP contribution is 2.48. The normalized spacial score (nSPS) is 21.4. The van der Waals surface area contributed by atoms with Crippen molar-refractivity contribution in [3.63, 3.8) is 0 Å². The third-order valence-corrected chi connectivity index (χ3v) is 6.90. The lowest BCUT2D eigenvalue weighted by Crippen LogP contribution is -2.41. The number of nitrogens with zero attached hydrogens (tertiary/aromatic N) is 6. The molecule has 0 unspecified atom stereocenters. The van der Waals surface area contributed by atoms with E-state index in [9.17, 15) is 0 Å². The first kappa shape index (κ1) is 17.9. The number of hydrogen-bond donors (Lipinski definition) is 1. The van der Waals surface area contributed by atoms with Gasteiger partial charge in [-0.1, -0.05) is 0 Å². The lowest BCUT2D eigenvalue weighted by atomic mass is 9.76. The van der Waals surface area contributed by atoms with Crippen LogP contribution in [0.2, 0.25) is 0 Å². The van der Waals surface area contributed by atoms with Crippen molar-refractivity contribution >= 4 is 11.8 Å². The van der Waals surface area contributed by atoms with Crippen molar-refractivity contribution < 1.29 is 0 Å². The minimum absolute atomic E-state index is 0.238. The van der Waals surface area contributed by atoms with Crippen LogP contribution in [0, 0.1) is 0 Å². The molecular weight excluding hydrogens is 350 g/mol. The van der Waals surface area contributed by atoms with Gasteiger partial charge in [-0.15, -0.1) is 0 Å². The highest BCUT2D eigenvalue weighted by atomic mass is 15.3. The monoisotopic (exact) mass is 381 g/mol. The number of piperidine rings is 1. The van der Waals surface area contributed by atoms with E-state index in [4.69, 9.17) is 9.97 Å². The highest BCUT2D eigenvalue weighted by Gasteiger charge is 2.44. The Morgan fingerprint density at radius 1 is 1.07 bits per heavy atom. The van der Waals surface area contributed by atoms with Gasteiger partial charge in [-0.3, -0.25) is 4.90 Å². The summed E-state index contributed by atoms with van der Waals surface area (Å²) in [5.74, 6) is 2.10. The molecule has 0 radical (unpaired) electrons. The second kappa shape index (κ2) is 7.03. The molecule has 2 saturated heterocycles. The number of H-pyrrole nitrogens is 1. The molecule has 1 aliphatic carbocycles. The Kier molecular flexibility index (Phi) is 4.50. The molecule has 2 aliphatic heterocycles. The van der Waals surface area contributed by atoms with Gasteiger partial charge in [0.2, 0.25) is 5.95 Å². The highest BCUT2D eigenvalue weighted by molar-refractivity contribution is 5.57. The van der Waals surface area contributed by atoms with Gasteiger partial charge in [0.1, 0.15) is 5.82 Å². The van der Waals surface area contributed by atoms with E-state index in [1.54, 1.807) is 6.33 Å². The molecule has 7 heteroatoms. The fourth-order valence-corrected chi connectivity index (χ4v) is 5.24. The number of aromatic nitrogens is 4. The Labute approximate surface area is 167 Å². The Bertz CT molecular complexity index is 816. The Hall–Kier alpha value is -2.15. The summed E-state index contributed by atoms with van der Waals surface area (Å²) in [5, 5.41) is 0. The van der Waals surface area contributed by atoms with E-state index in [1.165, 1.54) is 54.9 Å². The van der Waals surface area contributed by atoms with Crippen molar-refractivity contribution in [2.75, 3.05) is 50.1 Å². The zero-order chi connectivity index (χ0) is 19.1. The van der Waals surface area contributed by atoms with E-state index in [-0.39, 0.29) is 5.41 Å². The molecule has 2 aromatic heterocycles. The number of anilines is 2. The lowest BCUT2D eigenvalue weighted by Gasteiger charge is -2.39. The number of fused-ring (bicyclic) bond motifs is 2. The van der Waals surface area contributed by atoms with Gasteiger partial charge in [-0.2, -0.15) is 4.98 Å². The van der Waals surface area contributed by atoms with Gasteiger partial charge in [0.25, 0.3) is 0 Å². The Morgan fingerprint density at radius 2 is 1.86 bits per heavy atom. The predicted octanol–water partition coefficient (Wildman–Crippen LogP) is 2.35. The van der Waals surface area contributed by atoms with Gasteiger partial charge in [-0.25, -0.2) is 9.97 Å². The maximum absolute atomic E-state index is 5.12. The van der Waals surface area contributed by atoms with Gasteiger partial charge in [0.15, 0.2) is 0 Å². The van der Waals surface area contributed by atoms with Crippen LogP contribution in [0.1, 0.15) is 49.1 Å². The molecule has 0 atom stereocenters. The quantitative estimate of drug-likeness (QED) is 0.877. The largest absolute Gasteiger partial charge is 0.356 e. The average Bonchev–Trinajstić information content (AvgIpc) is 3.45. The fraction of sp³-hybridized carbons (Fsp3) is 0.667. The van der Waals surface area contributed by atoms with E-state index >= 15 is 0 Å². The van der Waals surface area contributed by atoms with Crippen molar-refractivity contribution in [1.29, 1.82) is 0 Å². The van der Waals surface area contributed by atoms with Gasteiger partial charge in [0, 0.05) is 56.6 Å². The molecule has 0 saturated carbocycles. The van der Waals surface area contributed by atoms with Crippen molar-refractivity contribution in [3.8, 4) is 0 Å². The molecular formula is C21H31N7. The van der Waals surface area contributed by atoms with Gasteiger partial charge >= 0.3 is 0 Å². The standard InChI is InChI=1S/C21H31N7/c1-26(2)20-24-18-17(19(25-20)28-9-3-4-10-28)5-6-21(18)7-11-27(12-8-21)14-16-13-22-15-23-16/h13,15H,3-12,14H2,1-2H3,(H,22,23). The molecule has 2 aromatic rings. The summed E-state index contributed by atoms with van der Waals surface area (Å²) in [4.78, 5) is 24.6. The zero-order valence-corrected chi connectivity index (χ0v) is 17.1. The first-order valence-corrected chi connectivity index (χ1v) is 10.7. The molecule has 0 amide bonds. The summed E-state index contributed by atoms with van der Waals surface area (Å²) < 4.78 is 0. The summed E-state index contributed by atoms with van der Waals surface area (Å²) in [7, 11) is 4.12. The summed E-state index contributed by atoms with van der Waals surface area (Å²) in [5.41, 5.74) is 4.24. The van der Waals surface area contributed by atoms with E-state index in [0.29, 0.717) is 0 Å². The molecule has 1 N–H and O–H groups in total. The lowest BCUT2D eigenvalue weighted by molar-refractivity contribution is 0.149. The molecule has 1 spiro atoms. The van der Waals surface area contributed by atoms with Crippen LogP contribution in [0.25, 0.3) is 0 Å². The molecule has 3 aliphatic rings. The fourth-order valence-electron chi connectivity index (χ4n) is 5.24. The maximum atomic E-state index is 5.12. The van der Waals surface area contributed by atoms with Crippen molar-refractivity contribution in [3.05, 3.63) is 29.5 Å². The number of imidazole rings is 1. The van der Waals surface area contributed by atoms with Crippen LogP contribution in [0.15, 0.2) is 12.5 Å². The van der Waals surface area contributed by atoms with E-state index in [0.717, 1.165) is 45.1 Å². The molecule has 2 fully saturated rings. The number of hydrogen-bond acceptors (Lipinski definition) is 6. The number of rotatable bonds is 4. The van der Waals surface area contributed by atoms with Gasteiger partial charge in [0.05, 0.1) is 12.0 Å². The molecule has 0 aromatic carbocycles. The second-order valence-corrected chi connectivity index (χ2v) is 8.90. The van der Waals surface area contributed by atoms with Crippen LogP contribution in [0.4, 0.5) is 11.8 Å². The van der Waals surface area contributed by atoms with Crippen LogP contribution in [-0.4, -0.2) is 65.1 Å². The number of aromatic amines is 1. The summed E-state index contributed by atoms with van der Waals surface area (Å²) >= 11 is 0. The van der Waals surface area contributed by atoms with Crippen molar-refractivity contribution in [2.45, 2.75) is 50.5 Å². The molecule has 5 rings (SSSR count). The molecule has 7 nitrogen and oxygen atoms in total. The second-order valence-electron chi connectivity index (χ2n) is 8.90. The Morgan fingerprint density at radius 3 is 2.54 bits per heavy atom. The molecule has 150 valence electrons. The average molecular weight is 382 g/mol. The predicted molar refractivity (Wildman–Crippen MR) is 111 cm³/mol. The molecule has 0 bridgehead atoms. The van der Waals surface area contributed by atoms with Crippen LogP contribution >= 0.6 is 0 Å². The van der Waals surface area contributed by atoms with Crippen LogP contribution in [0.5, 0.6) is 0 Å². The van der Waals surface area contributed by atoms with Crippen LogP contribution < -0.4 is 9.80 Å². The third-order valence-electron chi connectivity index (χ3n) is 6.90. The maximum Gasteiger partial charge on any atom is 0.227 e. The van der Waals surface area contributed by atoms with Gasteiger partial charge < -0.3 is 14.8 Å². The van der Waals surface area contributed by atoms with E-state index in [1.807, 2.05) is 6.20 Å². The molecule has 4 heterocycles. The van der Waals surface area contributed by atoms with Crippen molar-refractivity contribution in [2.24, 2.45) is 0 Å². The first-order chi connectivity index (χ1) is 13.6. The summed E-state index contributed by atoms with van der Waals surface area (Å²) in [6, 6.07) is 0. The van der Waals surface area contributed by atoms with Crippen LogP contribution in [0.3, 0.4) is 0 Å². The zero-order valence-electron chi connectivity index (χ0n) is 17.1. The topological polar surface area (TPSA) is 64.2 Å². The summed E-state index contributed by atoms with van der Waals surface area (Å²) in [6.45, 7) is 5.49. The summed E-state index contributed by atoms with van der Waals surface area (Å²) in [6.07, 6.45) is 11.0. The van der Waals surface area contributed by atoms with E-state index in [2.05, 4.69) is 38.8 Å².